The molecule has 1 nitrogen and oxygen atoms in total. The molecule has 0 aliphatic carbocycles. The maximum Gasteiger partial charge on any atom is 0.249 e. The molecule has 0 fully saturated rings. The van der Waals surface area contributed by atoms with E-state index in [0.717, 1.165) is 0 Å². The molecule has 2 aliphatic heterocycles. The number of para-hydroxylation sites is 2. The Bertz CT molecular complexity index is 1850. The Kier molecular flexibility index (Phi) is 5.24. The van der Waals surface area contributed by atoms with Crippen LogP contribution in [0.4, 0.5) is 17.1 Å². The van der Waals surface area contributed by atoms with Crippen molar-refractivity contribution in [3.63, 3.8) is 0 Å². The van der Waals surface area contributed by atoms with Crippen molar-refractivity contribution >= 4 is 51.9 Å². The third-order valence-corrected chi connectivity index (χ3v) is 9.06. The van der Waals surface area contributed by atoms with E-state index in [1.54, 1.807) is 0 Å². The molecule has 6 aromatic carbocycles. The number of rotatable bonds is 3. The number of hydrogen-bond acceptors (Lipinski definition) is 2. The van der Waals surface area contributed by atoms with Crippen molar-refractivity contribution in [1.29, 1.82) is 0 Å². The molecule has 182 valence electrons. The van der Waals surface area contributed by atoms with Gasteiger partial charge in [-0.3, -0.25) is 0 Å². The summed E-state index contributed by atoms with van der Waals surface area (Å²) in [6, 6.07) is 53.1. The van der Waals surface area contributed by atoms with Gasteiger partial charge in [-0.1, -0.05) is 120 Å². The molecule has 0 amide bonds. The Balaban J connectivity index is 1.39. The maximum atomic E-state index is 2.46. The molecule has 0 spiro atoms. The number of fused-ring (bicyclic) bond motifs is 4. The molecular weight excluding hydrogens is 489 g/mol. The van der Waals surface area contributed by atoms with E-state index in [-0.39, 0.29) is 6.71 Å². The maximum absolute atomic E-state index is 2.46. The first-order valence-electron chi connectivity index (χ1n) is 13.4. The molecule has 0 radical (unpaired) electrons. The number of hydrogen-bond donors (Lipinski definition) is 0. The van der Waals surface area contributed by atoms with Gasteiger partial charge in [-0.2, -0.15) is 0 Å². The highest BCUT2D eigenvalue weighted by Gasteiger charge is 2.40. The Morgan fingerprint density at radius 3 is 1.90 bits per heavy atom. The van der Waals surface area contributed by atoms with Crippen LogP contribution < -0.4 is 21.3 Å². The van der Waals surface area contributed by atoms with E-state index >= 15 is 0 Å². The summed E-state index contributed by atoms with van der Waals surface area (Å²) in [7, 11) is 0. The summed E-state index contributed by atoms with van der Waals surface area (Å²) in [5.74, 6) is 0. The fraction of sp³-hybridized carbons (Fsp3) is 0. The van der Waals surface area contributed by atoms with E-state index in [4.69, 9.17) is 0 Å². The number of anilines is 3. The summed E-state index contributed by atoms with van der Waals surface area (Å²) in [4.78, 5) is 5.15. The van der Waals surface area contributed by atoms with Crippen molar-refractivity contribution in [2.24, 2.45) is 0 Å². The van der Waals surface area contributed by atoms with Crippen LogP contribution in [0.25, 0.3) is 22.3 Å². The molecule has 3 heteroatoms. The van der Waals surface area contributed by atoms with Crippen LogP contribution in [0.15, 0.2) is 155 Å². The second-order valence-corrected chi connectivity index (χ2v) is 11.2. The van der Waals surface area contributed by atoms with E-state index in [1.165, 1.54) is 65.5 Å². The average Bonchev–Trinajstić information content (AvgIpc) is 3.01. The second kappa shape index (κ2) is 9.08. The summed E-state index contributed by atoms with van der Waals surface area (Å²) in [5, 5.41) is 0. The lowest BCUT2D eigenvalue weighted by molar-refractivity contribution is 1.27. The molecule has 2 aliphatic rings. The fourth-order valence-corrected chi connectivity index (χ4v) is 7.38. The van der Waals surface area contributed by atoms with Crippen LogP contribution in [-0.4, -0.2) is 6.71 Å². The van der Waals surface area contributed by atoms with Crippen LogP contribution in [0.5, 0.6) is 0 Å². The van der Waals surface area contributed by atoms with Crippen LogP contribution in [0.3, 0.4) is 0 Å². The Hall–Kier alpha value is -4.47. The van der Waals surface area contributed by atoms with Gasteiger partial charge < -0.3 is 4.90 Å². The molecule has 0 saturated carbocycles. The van der Waals surface area contributed by atoms with Crippen LogP contribution in [0.1, 0.15) is 0 Å². The van der Waals surface area contributed by atoms with Crippen molar-refractivity contribution in [3.05, 3.63) is 146 Å². The lowest BCUT2D eigenvalue weighted by atomic mass is 9.35. The zero-order valence-corrected chi connectivity index (χ0v) is 22.1. The van der Waals surface area contributed by atoms with Gasteiger partial charge in [-0.15, -0.1) is 0 Å². The minimum atomic E-state index is 0.216. The third kappa shape index (κ3) is 3.65. The molecule has 39 heavy (non-hydrogen) atoms. The van der Waals surface area contributed by atoms with Gasteiger partial charge in [0.1, 0.15) is 0 Å². The van der Waals surface area contributed by atoms with Gasteiger partial charge in [-0.25, -0.2) is 0 Å². The van der Waals surface area contributed by atoms with Crippen LogP contribution in [0, 0.1) is 0 Å². The quantitative estimate of drug-likeness (QED) is 0.222. The zero-order chi connectivity index (χ0) is 25.8. The van der Waals surface area contributed by atoms with Crippen molar-refractivity contribution in [2.45, 2.75) is 9.79 Å². The number of nitrogens with zero attached hydrogens (tertiary/aromatic N) is 1. The van der Waals surface area contributed by atoms with Gasteiger partial charge in [0.15, 0.2) is 0 Å². The summed E-state index contributed by atoms with van der Waals surface area (Å²) in [6.45, 7) is 0.216. The number of benzene rings is 6. The van der Waals surface area contributed by atoms with Crippen molar-refractivity contribution < 1.29 is 0 Å². The highest BCUT2D eigenvalue weighted by molar-refractivity contribution is 8.00. The predicted molar refractivity (Wildman–Crippen MR) is 167 cm³/mol. The van der Waals surface area contributed by atoms with E-state index < -0.39 is 0 Å². The Morgan fingerprint density at radius 2 is 1.08 bits per heavy atom. The zero-order valence-electron chi connectivity index (χ0n) is 21.3. The highest BCUT2D eigenvalue weighted by Crippen LogP contribution is 2.43. The van der Waals surface area contributed by atoms with Gasteiger partial charge in [-0.05, 0) is 75.6 Å². The van der Waals surface area contributed by atoms with E-state index in [9.17, 15) is 0 Å². The minimum Gasteiger partial charge on any atom is -0.311 e. The molecular formula is C36H24BNS. The molecule has 6 aromatic rings. The summed E-state index contributed by atoms with van der Waals surface area (Å²) in [5.41, 5.74) is 12.8. The molecule has 0 N–H and O–H groups in total. The van der Waals surface area contributed by atoms with Crippen molar-refractivity contribution in [2.75, 3.05) is 4.90 Å². The SMILES string of the molecule is c1ccc(-c2cccc(-c3cc4c5c(c3)N(c3ccccc3)c3ccccc3B5c3ccccc3S4)c2)cc1. The minimum absolute atomic E-state index is 0.216. The lowest BCUT2D eigenvalue weighted by Gasteiger charge is -2.40. The topological polar surface area (TPSA) is 3.24 Å². The second-order valence-electron chi connectivity index (χ2n) is 10.2. The summed E-state index contributed by atoms with van der Waals surface area (Å²) < 4.78 is 0. The first-order valence-corrected chi connectivity index (χ1v) is 14.2. The van der Waals surface area contributed by atoms with Gasteiger partial charge in [0.05, 0.1) is 0 Å². The highest BCUT2D eigenvalue weighted by atomic mass is 32.2. The predicted octanol–water partition coefficient (Wildman–Crippen LogP) is 7.78. The van der Waals surface area contributed by atoms with Gasteiger partial charge in [0, 0.05) is 26.9 Å². The van der Waals surface area contributed by atoms with Crippen LogP contribution in [0.2, 0.25) is 0 Å². The Morgan fingerprint density at radius 1 is 0.436 bits per heavy atom. The van der Waals surface area contributed by atoms with Crippen LogP contribution in [-0.2, 0) is 0 Å². The first kappa shape index (κ1) is 22.5. The van der Waals surface area contributed by atoms with E-state index in [2.05, 4.69) is 150 Å². The molecule has 0 bridgehead atoms. The molecule has 8 rings (SSSR count). The van der Waals surface area contributed by atoms with Crippen LogP contribution >= 0.6 is 11.8 Å². The van der Waals surface area contributed by atoms with E-state index in [1.807, 2.05) is 11.8 Å². The lowest BCUT2D eigenvalue weighted by Crippen LogP contribution is -2.59. The Labute approximate surface area is 233 Å². The standard InChI is InChI=1S/C36H24BNS/c1-3-12-25(13-4-1)26-14-11-15-27(22-26)28-23-33-36-35(24-28)39-34-21-10-8-19-31(34)37(36)30-18-7-9-20-32(30)38(33)29-16-5-2-6-17-29/h1-24H. The average molecular weight is 513 g/mol. The van der Waals surface area contributed by atoms with Gasteiger partial charge >= 0.3 is 0 Å². The molecule has 0 atom stereocenters. The summed E-state index contributed by atoms with van der Waals surface area (Å²) in [6.07, 6.45) is 0. The molecule has 0 saturated heterocycles. The smallest absolute Gasteiger partial charge is 0.249 e. The van der Waals surface area contributed by atoms with Gasteiger partial charge in [0.25, 0.3) is 0 Å². The summed E-state index contributed by atoms with van der Waals surface area (Å²) >= 11 is 1.90. The van der Waals surface area contributed by atoms with E-state index in [0.29, 0.717) is 0 Å². The largest absolute Gasteiger partial charge is 0.311 e. The van der Waals surface area contributed by atoms with Crippen molar-refractivity contribution in [1.82, 2.24) is 0 Å². The molecule has 2 heterocycles. The normalized spacial score (nSPS) is 12.9. The monoisotopic (exact) mass is 513 g/mol. The van der Waals surface area contributed by atoms with Crippen molar-refractivity contribution in [3.8, 4) is 22.3 Å². The molecule has 0 aromatic heterocycles. The fourth-order valence-electron chi connectivity index (χ4n) is 6.18. The van der Waals surface area contributed by atoms with Gasteiger partial charge in [0.2, 0.25) is 6.71 Å². The first-order chi connectivity index (χ1) is 19.3. The third-order valence-electron chi connectivity index (χ3n) is 7.91. The molecule has 0 unspecified atom stereocenters.